The zero-order valence-electron chi connectivity index (χ0n) is 35.9. The van der Waals surface area contributed by atoms with Gasteiger partial charge in [-0.15, -0.1) is 0 Å². The van der Waals surface area contributed by atoms with Gasteiger partial charge in [0.25, 0.3) is 0 Å². The highest BCUT2D eigenvalue weighted by molar-refractivity contribution is 6.22. The third kappa shape index (κ3) is 5.15. The molecule has 0 radical (unpaired) electrons. The lowest BCUT2D eigenvalue weighted by Crippen LogP contribution is -2.32. The van der Waals surface area contributed by atoms with E-state index in [0.29, 0.717) is 0 Å². The monoisotopic (exact) mass is 837 g/mol. The molecule has 1 aliphatic heterocycles. The molecule has 1 spiro atoms. The minimum Gasteiger partial charge on any atom is -0.456 e. The van der Waals surface area contributed by atoms with Gasteiger partial charge in [-0.3, -0.25) is 0 Å². The number of hydrogen-bond donors (Lipinski definition) is 0. The lowest BCUT2D eigenvalue weighted by atomic mass is 9.65. The summed E-state index contributed by atoms with van der Waals surface area (Å²) in [6.07, 6.45) is 0. The van der Waals surface area contributed by atoms with Crippen LogP contribution in [0.5, 0.6) is 11.5 Å². The van der Waals surface area contributed by atoms with Crippen LogP contribution in [-0.2, 0) is 5.41 Å². The van der Waals surface area contributed by atoms with Gasteiger partial charge < -0.3 is 4.74 Å². The Kier molecular flexibility index (Phi) is 7.93. The standard InChI is InChI=1S/C64H39NO/c1-2-16-40(17-3-1)41-30-32-42(33-31-41)59-47-20-4-6-22-49(47)60(50-23-7-5-21-48(50)59)43-34-36-44(37-35-43)62-52-38-39-56-63(61(52)51-24-10-14-28-57(51)65-62)66-58-29-15-13-27-55(58)64(56)53-25-11-8-18-45(53)46-19-9-12-26-54(46)64/h1-39H. The summed E-state index contributed by atoms with van der Waals surface area (Å²) in [6.45, 7) is 0. The summed E-state index contributed by atoms with van der Waals surface area (Å²) in [4.78, 5) is 5.45. The molecular formula is C64H39NO. The summed E-state index contributed by atoms with van der Waals surface area (Å²) < 4.78 is 7.21. The highest BCUT2D eigenvalue weighted by Gasteiger charge is 2.51. The van der Waals surface area contributed by atoms with Crippen molar-refractivity contribution >= 4 is 43.2 Å². The Morgan fingerprint density at radius 2 is 0.758 bits per heavy atom. The van der Waals surface area contributed by atoms with Crippen molar-refractivity contribution in [1.29, 1.82) is 0 Å². The normalized spacial score (nSPS) is 13.1. The molecule has 0 amide bonds. The second-order valence-corrected chi connectivity index (χ2v) is 17.6. The molecule has 66 heavy (non-hydrogen) atoms. The van der Waals surface area contributed by atoms with E-state index in [1.165, 1.54) is 77.2 Å². The Bertz CT molecular complexity index is 3840. The fourth-order valence-corrected chi connectivity index (χ4v) is 11.6. The number of para-hydroxylation sites is 2. The van der Waals surface area contributed by atoms with Crippen molar-refractivity contribution in [2.24, 2.45) is 0 Å². The van der Waals surface area contributed by atoms with Crippen LogP contribution in [0.1, 0.15) is 22.3 Å². The minimum atomic E-state index is -0.551. The molecule has 306 valence electrons. The number of ether oxygens (including phenoxy) is 1. The average molecular weight is 838 g/mol. The van der Waals surface area contributed by atoms with E-state index >= 15 is 0 Å². The molecule has 0 unspecified atom stereocenters. The fourth-order valence-electron chi connectivity index (χ4n) is 11.6. The third-order valence-corrected chi connectivity index (χ3v) is 14.3. The molecule has 14 rings (SSSR count). The van der Waals surface area contributed by atoms with E-state index in [1.54, 1.807) is 0 Å². The lowest BCUT2D eigenvalue weighted by Gasteiger charge is -2.40. The smallest absolute Gasteiger partial charge is 0.140 e. The van der Waals surface area contributed by atoms with Crippen LogP contribution in [-0.4, -0.2) is 4.98 Å². The van der Waals surface area contributed by atoms with Crippen LogP contribution in [0.15, 0.2) is 237 Å². The number of nitrogens with zero attached hydrogens (tertiary/aromatic N) is 1. The van der Waals surface area contributed by atoms with E-state index in [4.69, 9.17) is 9.72 Å². The molecule has 2 heteroatoms. The van der Waals surface area contributed by atoms with Crippen molar-refractivity contribution in [2.45, 2.75) is 5.41 Å². The molecule has 1 aliphatic carbocycles. The summed E-state index contributed by atoms with van der Waals surface area (Å²) in [5.41, 5.74) is 17.1. The van der Waals surface area contributed by atoms with Crippen molar-refractivity contribution in [3.05, 3.63) is 259 Å². The van der Waals surface area contributed by atoms with Crippen LogP contribution in [0.4, 0.5) is 0 Å². The molecule has 0 atom stereocenters. The molecule has 12 aromatic rings. The molecule has 0 N–H and O–H groups in total. The number of pyridine rings is 1. The van der Waals surface area contributed by atoms with Crippen LogP contribution in [0.3, 0.4) is 0 Å². The van der Waals surface area contributed by atoms with Crippen molar-refractivity contribution in [2.75, 3.05) is 0 Å². The van der Waals surface area contributed by atoms with Gasteiger partial charge in [0.05, 0.1) is 16.6 Å². The van der Waals surface area contributed by atoms with Crippen LogP contribution in [0, 0.1) is 0 Å². The highest BCUT2D eigenvalue weighted by Crippen LogP contribution is 2.63. The van der Waals surface area contributed by atoms with Crippen molar-refractivity contribution < 1.29 is 4.74 Å². The summed E-state index contributed by atoms with van der Waals surface area (Å²) in [7, 11) is 0. The van der Waals surface area contributed by atoms with Crippen molar-refractivity contribution in [1.82, 2.24) is 4.98 Å². The van der Waals surface area contributed by atoms with Gasteiger partial charge in [0.15, 0.2) is 0 Å². The zero-order chi connectivity index (χ0) is 43.3. The number of rotatable bonds is 4. The first-order valence-electron chi connectivity index (χ1n) is 22.8. The van der Waals surface area contributed by atoms with Gasteiger partial charge in [0.1, 0.15) is 11.5 Å². The molecule has 0 bridgehead atoms. The molecular weight excluding hydrogens is 799 g/mol. The SMILES string of the molecule is c1ccc(-c2ccc(-c3c4ccccc4c(-c4ccc(-c5nc6ccccc6c6c7c(ccc56)C5(c6ccccc6O7)c6ccccc6-c6ccccc65)cc4)c4ccccc34)cc2)cc1. The quantitative estimate of drug-likeness (QED) is 0.130. The van der Waals surface area contributed by atoms with Crippen molar-refractivity contribution in [3.63, 3.8) is 0 Å². The summed E-state index contributed by atoms with van der Waals surface area (Å²) in [6, 6.07) is 86.1. The largest absolute Gasteiger partial charge is 0.456 e. The summed E-state index contributed by atoms with van der Waals surface area (Å²) in [5.74, 6) is 1.77. The third-order valence-electron chi connectivity index (χ3n) is 14.3. The summed E-state index contributed by atoms with van der Waals surface area (Å²) >= 11 is 0. The lowest BCUT2D eigenvalue weighted by molar-refractivity contribution is 0.442. The zero-order valence-corrected chi connectivity index (χ0v) is 35.9. The predicted molar refractivity (Wildman–Crippen MR) is 273 cm³/mol. The first kappa shape index (κ1) is 36.8. The second kappa shape index (κ2) is 14.2. The van der Waals surface area contributed by atoms with Crippen molar-refractivity contribution in [3.8, 4) is 67.3 Å². The van der Waals surface area contributed by atoms with Gasteiger partial charge in [-0.05, 0) is 89.3 Å². The molecule has 0 saturated heterocycles. The molecule has 1 aromatic heterocycles. The maximum atomic E-state index is 7.21. The van der Waals surface area contributed by atoms with Gasteiger partial charge >= 0.3 is 0 Å². The van der Waals surface area contributed by atoms with E-state index in [1.807, 2.05) is 0 Å². The highest BCUT2D eigenvalue weighted by atomic mass is 16.5. The van der Waals surface area contributed by atoms with Crippen LogP contribution in [0.2, 0.25) is 0 Å². The average Bonchev–Trinajstić information content (AvgIpc) is 3.68. The Hall–Kier alpha value is -8.59. The number of fused-ring (bicyclic) bond motifs is 15. The number of aromatic nitrogens is 1. The Morgan fingerprint density at radius 3 is 1.36 bits per heavy atom. The van der Waals surface area contributed by atoms with E-state index in [-0.39, 0.29) is 0 Å². The van der Waals surface area contributed by atoms with Gasteiger partial charge in [-0.2, -0.15) is 0 Å². The second-order valence-electron chi connectivity index (χ2n) is 17.6. The Balaban J connectivity index is 0.954. The number of hydrogen-bond acceptors (Lipinski definition) is 2. The van der Waals surface area contributed by atoms with E-state index in [2.05, 4.69) is 237 Å². The fraction of sp³-hybridized carbons (Fsp3) is 0.0156. The Morgan fingerprint density at radius 1 is 0.303 bits per heavy atom. The van der Waals surface area contributed by atoms with E-state index in [9.17, 15) is 0 Å². The van der Waals surface area contributed by atoms with Crippen LogP contribution in [0.25, 0.3) is 99.0 Å². The molecule has 11 aromatic carbocycles. The number of benzene rings is 11. The first-order valence-corrected chi connectivity index (χ1v) is 22.8. The maximum absolute atomic E-state index is 7.21. The van der Waals surface area contributed by atoms with Gasteiger partial charge in [0, 0.05) is 32.8 Å². The molecule has 2 nitrogen and oxygen atoms in total. The van der Waals surface area contributed by atoms with E-state index < -0.39 is 5.41 Å². The first-order chi connectivity index (χ1) is 32.8. The topological polar surface area (TPSA) is 22.1 Å². The van der Waals surface area contributed by atoms with Crippen LogP contribution < -0.4 is 4.74 Å². The van der Waals surface area contributed by atoms with E-state index in [0.717, 1.165) is 55.6 Å². The summed E-state index contributed by atoms with van der Waals surface area (Å²) in [5, 5.41) is 8.15. The van der Waals surface area contributed by atoms with Crippen LogP contribution >= 0.6 is 0 Å². The molecule has 0 saturated carbocycles. The van der Waals surface area contributed by atoms with Gasteiger partial charge in [-0.25, -0.2) is 4.98 Å². The van der Waals surface area contributed by atoms with Gasteiger partial charge in [-0.1, -0.05) is 224 Å². The molecule has 0 fully saturated rings. The maximum Gasteiger partial charge on any atom is 0.140 e. The minimum absolute atomic E-state index is 0.551. The molecule has 2 aliphatic rings. The molecule has 2 heterocycles. The van der Waals surface area contributed by atoms with Gasteiger partial charge in [0.2, 0.25) is 0 Å². The Labute approximate surface area is 382 Å². The predicted octanol–water partition coefficient (Wildman–Crippen LogP) is 16.8.